The lowest BCUT2D eigenvalue weighted by Gasteiger charge is -2.39. The highest BCUT2D eigenvalue weighted by Gasteiger charge is 2.34. The molecule has 3 aliphatic rings. The van der Waals surface area contributed by atoms with Gasteiger partial charge >= 0.3 is 0 Å². The number of anilines is 3. The number of thiazole rings is 1. The largest absolute Gasteiger partial charge is 0.482 e. The SMILES string of the molecule is Cc1nc(CN2CCN(CC3CCN(c4ccc(C=O)c(C(=O)N(C)C5CCC(=O)NC5=O)c4)CC3)CC2)sc1-c1cnc(N)c(OC(C)c2cc(F)ccc2N/N=C\C=N)c1. The van der Waals surface area contributed by atoms with Gasteiger partial charge in [-0.2, -0.15) is 5.10 Å². The van der Waals surface area contributed by atoms with Crippen LogP contribution in [0.15, 0.2) is 53.8 Å². The monoisotopic (exact) mass is 865 g/mol. The van der Waals surface area contributed by atoms with Gasteiger partial charge in [0, 0.05) is 94.1 Å². The maximum Gasteiger partial charge on any atom is 0.255 e. The molecule has 3 aliphatic heterocycles. The first-order chi connectivity index (χ1) is 29.9. The van der Waals surface area contributed by atoms with Crippen LogP contribution in [0.3, 0.4) is 0 Å². The summed E-state index contributed by atoms with van der Waals surface area (Å²) in [5.74, 6) is -0.571. The number of piperazine rings is 1. The average molecular weight is 866 g/mol. The molecule has 3 saturated heterocycles. The molecule has 3 fully saturated rings. The van der Waals surface area contributed by atoms with Gasteiger partial charge in [-0.05, 0) is 81.5 Å². The molecule has 62 heavy (non-hydrogen) atoms. The first kappa shape index (κ1) is 44.0. The van der Waals surface area contributed by atoms with E-state index in [1.165, 1.54) is 30.3 Å². The van der Waals surface area contributed by atoms with Crippen LogP contribution >= 0.6 is 11.3 Å². The van der Waals surface area contributed by atoms with Crippen molar-refractivity contribution in [2.75, 3.05) is 68.9 Å². The number of halogens is 1. The summed E-state index contributed by atoms with van der Waals surface area (Å²) in [5, 5.41) is 14.4. The van der Waals surface area contributed by atoms with E-state index in [0.29, 0.717) is 29.2 Å². The molecule has 0 spiro atoms. The van der Waals surface area contributed by atoms with Crippen LogP contribution in [-0.4, -0.2) is 120 Å². The van der Waals surface area contributed by atoms with Gasteiger partial charge in [-0.25, -0.2) is 14.4 Å². The van der Waals surface area contributed by atoms with E-state index in [4.69, 9.17) is 20.9 Å². The number of hydrogen-bond donors (Lipinski definition) is 4. The van der Waals surface area contributed by atoms with Gasteiger partial charge in [0.15, 0.2) is 17.9 Å². The van der Waals surface area contributed by atoms with Crippen LogP contribution in [0.25, 0.3) is 10.4 Å². The second-order valence-electron chi connectivity index (χ2n) is 16.0. The highest BCUT2D eigenvalue weighted by molar-refractivity contribution is 7.15. The number of carbonyl (C=O) groups is 4. The lowest BCUT2D eigenvalue weighted by Crippen LogP contribution is -2.53. The molecule has 326 valence electrons. The predicted molar refractivity (Wildman–Crippen MR) is 238 cm³/mol. The lowest BCUT2D eigenvalue weighted by molar-refractivity contribution is -0.136. The molecule has 2 aromatic heterocycles. The summed E-state index contributed by atoms with van der Waals surface area (Å²) in [5.41, 5.74) is 13.3. The number of benzene rings is 2. The molecule has 0 bridgehead atoms. The Labute approximate surface area is 363 Å². The molecule has 4 aromatic rings. The van der Waals surface area contributed by atoms with Crippen LogP contribution in [0.4, 0.5) is 21.6 Å². The molecular formula is C44H52FN11O5S. The number of aryl methyl sites for hydroxylation is 1. The summed E-state index contributed by atoms with van der Waals surface area (Å²) >= 11 is 1.62. The molecule has 18 heteroatoms. The lowest BCUT2D eigenvalue weighted by atomic mass is 9.95. The summed E-state index contributed by atoms with van der Waals surface area (Å²) in [4.78, 5) is 68.4. The zero-order chi connectivity index (χ0) is 43.9. The Bertz CT molecular complexity index is 2340. The van der Waals surface area contributed by atoms with E-state index in [1.807, 2.05) is 19.1 Å². The third-order valence-corrected chi connectivity index (χ3v) is 13.0. The van der Waals surface area contributed by atoms with E-state index in [0.717, 1.165) is 98.2 Å². The number of hydrazone groups is 1. The molecule has 7 rings (SSSR count). The number of piperidine rings is 2. The number of amides is 3. The maximum absolute atomic E-state index is 14.3. The predicted octanol–water partition coefficient (Wildman–Crippen LogP) is 5.15. The number of nitrogens with one attached hydrogen (secondary N) is 3. The molecule has 3 amide bonds. The van der Waals surface area contributed by atoms with Gasteiger partial charge in [-0.3, -0.25) is 34.8 Å². The average Bonchev–Trinajstić information content (AvgIpc) is 3.64. The van der Waals surface area contributed by atoms with Crippen molar-refractivity contribution >= 4 is 65.0 Å². The number of aldehydes is 1. The molecule has 5 heterocycles. The van der Waals surface area contributed by atoms with Gasteiger partial charge in [-0.15, -0.1) is 11.3 Å². The normalized spacial score (nSPS) is 18.4. The highest BCUT2D eigenvalue weighted by atomic mass is 32.1. The van der Waals surface area contributed by atoms with Gasteiger partial charge in [0.1, 0.15) is 23.0 Å². The van der Waals surface area contributed by atoms with Gasteiger partial charge in [0.05, 0.1) is 34.6 Å². The van der Waals surface area contributed by atoms with E-state index in [-0.39, 0.29) is 35.7 Å². The van der Waals surface area contributed by atoms with Crippen molar-refractivity contribution in [1.82, 2.24) is 30.0 Å². The fourth-order valence-corrected chi connectivity index (χ4v) is 9.39. The molecule has 2 unspecified atom stereocenters. The molecule has 0 saturated carbocycles. The number of nitrogens with zero attached hydrogens (tertiary/aromatic N) is 7. The van der Waals surface area contributed by atoms with Crippen molar-refractivity contribution in [2.24, 2.45) is 11.0 Å². The Hall–Kier alpha value is -6.11. The van der Waals surface area contributed by atoms with Crippen LogP contribution < -0.4 is 26.1 Å². The Morgan fingerprint density at radius 3 is 2.60 bits per heavy atom. The third-order valence-electron chi connectivity index (χ3n) is 11.8. The molecule has 2 aromatic carbocycles. The Kier molecular flexibility index (Phi) is 14.0. The summed E-state index contributed by atoms with van der Waals surface area (Å²) in [6.45, 7) is 11.0. The molecule has 16 nitrogen and oxygen atoms in total. The minimum atomic E-state index is -0.773. The number of rotatable bonds is 15. The summed E-state index contributed by atoms with van der Waals surface area (Å²) in [7, 11) is 1.54. The van der Waals surface area contributed by atoms with Gasteiger partial charge in [-0.1, -0.05) is 0 Å². The van der Waals surface area contributed by atoms with Gasteiger partial charge < -0.3 is 30.6 Å². The zero-order valence-electron chi connectivity index (χ0n) is 35.1. The third kappa shape index (κ3) is 10.3. The van der Waals surface area contributed by atoms with Crippen LogP contribution in [0, 0.1) is 24.1 Å². The summed E-state index contributed by atoms with van der Waals surface area (Å²) < 4.78 is 20.5. The zero-order valence-corrected chi connectivity index (χ0v) is 35.9. The van der Waals surface area contributed by atoms with Crippen molar-refractivity contribution in [3.05, 3.63) is 81.9 Å². The number of nitrogen functional groups attached to an aromatic ring is 1. The minimum Gasteiger partial charge on any atom is -0.482 e. The topological polar surface area (TPSA) is 203 Å². The Morgan fingerprint density at radius 1 is 1.11 bits per heavy atom. The quantitative estimate of drug-likeness (QED) is 0.0531. The maximum atomic E-state index is 14.3. The number of imide groups is 1. The van der Waals surface area contributed by atoms with E-state index in [1.54, 1.807) is 42.7 Å². The minimum absolute atomic E-state index is 0.157. The van der Waals surface area contributed by atoms with Crippen molar-refractivity contribution in [3.63, 3.8) is 0 Å². The number of carbonyl (C=O) groups excluding carboxylic acids is 4. The summed E-state index contributed by atoms with van der Waals surface area (Å²) in [6, 6.07) is 10.6. The van der Waals surface area contributed by atoms with E-state index >= 15 is 0 Å². The number of hydrogen-bond acceptors (Lipinski definition) is 15. The van der Waals surface area contributed by atoms with E-state index < -0.39 is 29.8 Å². The number of likely N-dealkylation sites (N-methyl/N-ethyl adjacent to an activating group) is 1. The van der Waals surface area contributed by atoms with E-state index in [9.17, 15) is 23.6 Å². The summed E-state index contributed by atoms with van der Waals surface area (Å²) in [6.07, 6.45) is 6.51. The first-order valence-electron chi connectivity index (χ1n) is 20.8. The van der Waals surface area contributed by atoms with E-state index in [2.05, 4.69) is 35.5 Å². The fourth-order valence-electron chi connectivity index (χ4n) is 8.30. The van der Waals surface area contributed by atoms with Crippen LogP contribution in [0.2, 0.25) is 0 Å². The van der Waals surface area contributed by atoms with Crippen molar-refractivity contribution in [2.45, 2.75) is 58.2 Å². The number of aromatic nitrogens is 2. The Morgan fingerprint density at radius 2 is 1.87 bits per heavy atom. The van der Waals surface area contributed by atoms with Crippen LogP contribution in [0.5, 0.6) is 5.75 Å². The second kappa shape index (κ2) is 19.7. The molecule has 0 radical (unpaired) electrons. The van der Waals surface area contributed by atoms with Crippen molar-refractivity contribution in [3.8, 4) is 16.2 Å². The van der Waals surface area contributed by atoms with Crippen LogP contribution in [-0.2, 0) is 16.1 Å². The number of pyridine rings is 1. The fraction of sp³-hybridized carbons (Fsp3) is 0.409. The van der Waals surface area contributed by atoms with Gasteiger partial charge in [0.25, 0.3) is 5.91 Å². The Balaban J connectivity index is 0.897. The molecular weight excluding hydrogens is 814 g/mol. The standard InChI is InChI=1S/C44H52FN11O5S/c1-27-41(31-20-38(42(47)48-23-31)61-28(2)34-21-32(45)5-7-36(34)52-49-13-12-46)62-40(50-27)25-55-18-16-54(17-19-55)24-29-10-14-56(15-11-29)33-6-4-30(26-57)35(22-33)44(60)53(3)37-8-9-39(58)51-43(37)59/h4-7,12-13,20-23,26,28-29,37,46,52H,8-11,14-19,24-25H2,1-3H3,(H2,47,48)(H,51,58,59)/b46-12?,49-13-. The van der Waals surface area contributed by atoms with Crippen molar-refractivity contribution < 1.29 is 28.3 Å². The second-order valence-corrected chi connectivity index (χ2v) is 17.0. The molecule has 5 N–H and O–H groups in total. The molecule has 2 atom stereocenters. The highest BCUT2D eigenvalue weighted by Crippen LogP contribution is 2.37. The van der Waals surface area contributed by atoms with Gasteiger partial charge in [0.2, 0.25) is 11.8 Å². The number of ether oxygens (including phenoxy) is 1. The van der Waals surface area contributed by atoms with Crippen LogP contribution in [0.1, 0.15) is 75.7 Å². The van der Waals surface area contributed by atoms with Crippen molar-refractivity contribution in [1.29, 1.82) is 5.41 Å². The smallest absolute Gasteiger partial charge is 0.255 e. The molecule has 0 aliphatic carbocycles. The number of nitrogens with two attached hydrogens (primary N) is 1. The first-order valence-corrected chi connectivity index (χ1v) is 21.6.